The number of allylic oxidation sites excluding steroid dienone is 1. The summed E-state index contributed by atoms with van der Waals surface area (Å²) >= 11 is 0. The van der Waals surface area contributed by atoms with Crippen molar-refractivity contribution in [1.29, 1.82) is 0 Å². The minimum Gasteiger partial charge on any atom is -0.372 e. The quantitative estimate of drug-likeness (QED) is 0.795. The number of rotatable bonds is 5. The van der Waals surface area contributed by atoms with Crippen molar-refractivity contribution in [3.05, 3.63) is 31.0 Å². The van der Waals surface area contributed by atoms with Crippen LogP contribution in [0.4, 0.5) is 5.82 Å². The molecule has 0 bridgehead atoms. The molecular weight excluding hydrogens is 278 g/mol. The Kier molecular flexibility index (Phi) is 3.56. The molecular formula is C13H17N3O3S. The van der Waals surface area contributed by atoms with Crippen molar-refractivity contribution in [3.63, 3.8) is 0 Å². The predicted octanol–water partition coefficient (Wildman–Crippen LogP) is 1.14. The molecule has 1 amide bonds. The highest BCUT2D eigenvalue weighted by atomic mass is 32.2. The van der Waals surface area contributed by atoms with Crippen LogP contribution < -0.4 is 10.0 Å². The van der Waals surface area contributed by atoms with E-state index >= 15 is 0 Å². The Labute approximate surface area is 118 Å². The Morgan fingerprint density at radius 3 is 2.85 bits per heavy atom. The maximum atomic E-state index is 12.3. The van der Waals surface area contributed by atoms with Crippen molar-refractivity contribution in [1.82, 2.24) is 9.71 Å². The Bertz CT molecular complexity index is 657. The Morgan fingerprint density at radius 2 is 2.30 bits per heavy atom. The van der Waals surface area contributed by atoms with Gasteiger partial charge in [0, 0.05) is 13.2 Å². The summed E-state index contributed by atoms with van der Waals surface area (Å²) in [5.41, 5.74) is -0.684. The summed E-state index contributed by atoms with van der Waals surface area (Å²) in [4.78, 5) is 16.0. The van der Waals surface area contributed by atoms with E-state index in [-0.39, 0.29) is 16.6 Å². The predicted molar refractivity (Wildman–Crippen MR) is 75.5 cm³/mol. The first-order chi connectivity index (χ1) is 9.35. The number of nitrogens with zero attached hydrogens (tertiary/aromatic N) is 1. The minimum absolute atomic E-state index is 0.0235. The average Bonchev–Trinajstić information content (AvgIpc) is 3.11. The monoisotopic (exact) mass is 295 g/mol. The molecule has 0 radical (unpaired) electrons. The number of carbonyl (C=O) groups excluding carboxylic acids is 1. The van der Waals surface area contributed by atoms with Crippen LogP contribution in [0.25, 0.3) is 0 Å². The number of carbonyl (C=O) groups is 1. The number of amides is 1. The van der Waals surface area contributed by atoms with Crippen LogP contribution in [0, 0.1) is 11.3 Å². The summed E-state index contributed by atoms with van der Waals surface area (Å²) in [7, 11) is -2.37. The number of pyridine rings is 1. The molecule has 6 nitrogen and oxygen atoms in total. The van der Waals surface area contributed by atoms with Crippen molar-refractivity contribution in [2.75, 3.05) is 12.4 Å². The van der Waals surface area contributed by atoms with Gasteiger partial charge in [0.25, 0.3) is 10.0 Å². The summed E-state index contributed by atoms with van der Waals surface area (Å²) < 4.78 is 26.6. The Balaban J connectivity index is 2.24. The second-order valence-electron chi connectivity index (χ2n) is 5.00. The lowest BCUT2D eigenvalue weighted by Gasteiger charge is -2.13. The number of anilines is 1. The Hall–Kier alpha value is -1.89. The van der Waals surface area contributed by atoms with Crippen molar-refractivity contribution < 1.29 is 13.2 Å². The maximum absolute atomic E-state index is 12.3. The van der Waals surface area contributed by atoms with Crippen LogP contribution in [-0.2, 0) is 14.8 Å². The maximum Gasteiger partial charge on any atom is 0.267 e. The second-order valence-corrected chi connectivity index (χ2v) is 6.65. The number of nitrogens with one attached hydrogen (secondary N) is 2. The van der Waals surface area contributed by atoms with Gasteiger partial charge in [0.15, 0.2) is 0 Å². The SMILES string of the molecule is C=C[C@@H]1C[C@]1(C)C(=O)NS(=O)(=O)c1cccnc1NC. The van der Waals surface area contributed by atoms with E-state index in [0.717, 1.165) is 0 Å². The zero-order chi connectivity index (χ0) is 15.0. The third-order valence-corrected chi connectivity index (χ3v) is 4.99. The highest BCUT2D eigenvalue weighted by molar-refractivity contribution is 7.90. The van der Waals surface area contributed by atoms with Crippen molar-refractivity contribution in [2.24, 2.45) is 11.3 Å². The molecule has 0 spiro atoms. The fourth-order valence-corrected chi connectivity index (χ4v) is 3.35. The van der Waals surface area contributed by atoms with E-state index < -0.39 is 21.3 Å². The van der Waals surface area contributed by atoms with Crippen LogP contribution >= 0.6 is 0 Å². The molecule has 0 saturated heterocycles. The molecule has 1 fully saturated rings. The number of aromatic nitrogens is 1. The molecule has 0 unspecified atom stereocenters. The summed E-state index contributed by atoms with van der Waals surface area (Å²) in [5.74, 6) is -0.280. The van der Waals surface area contributed by atoms with E-state index in [1.54, 1.807) is 20.0 Å². The van der Waals surface area contributed by atoms with Gasteiger partial charge >= 0.3 is 0 Å². The fourth-order valence-electron chi connectivity index (χ4n) is 2.09. The number of sulfonamides is 1. The fraction of sp³-hybridized carbons (Fsp3) is 0.385. The van der Waals surface area contributed by atoms with Gasteiger partial charge in [-0.05, 0) is 24.5 Å². The van der Waals surface area contributed by atoms with E-state index in [9.17, 15) is 13.2 Å². The molecule has 2 rings (SSSR count). The van der Waals surface area contributed by atoms with Gasteiger partial charge < -0.3 is 5.32 Å². The van der Waals surface area contributed by atoms with Gasteiger partial charge in [0.05, 0.1) is 5.41 Å². The molecule has 1 aromatic rings. The lowest BCUT2D eigenvalue weighted by atomic mass is 10.1. The normalized spacial score (nSPS) is 24.8. The van der Waals surface area contributed by atoms with Gasteiger partial charge in [-0.1, -0.05) is 13.0 Å². The molecule has 1 aromatic heterocycles. The van der Waals surface area contributed by atoms with E-state index in [1.165, 1.54) is 18.3 Å². The first-order valence-corrected chi connectivity index (χ1v) is 7.66. The second kappa shape index (κ2) is 4.90. The molecule has 2 N–H and O–H groups in total. The molecule has 0 aliphatic heterocycles. The van der Waals surface area contributed by atoms with E-state index in [0.29, 0.717) is 6.42 Å². The molecule has 0 aromatic carbocycles. The van der Waals surface area contributed by atoms with Crippen molar-refractivity contribution >= 4 is 21.7 Å². The summed E-state index contributed by atoms with van der Waals surface area (Å²) in [6, 6.07) is 2.90. The van der Waals surface area contributed by atoms with Gasteiger partial charge in [0.2, 0.25) is 5.91 Å². The highest BCUT2D eigenvalue weighted by Gasteiger charge is 2.55. The van der Waals surface area contributed by atoms with Gasteiger partial charge in [-0.2, -0.15) is 0 Å². The van der Waals surface area contributed by atoms with Crippen molar-refractivity contribution in [3.8, 4) is 0 Å². The third kappa shape index (κ3) is 2.40. The standard InChI is InChI=1S/C13H17N3O3S/c1-4-9-8-13(9,2)12(17)16-20(18,19)10-6-5-7-15-11(10)14-3/h4-7,9H,1,8H2,2-3H3,(H,14,15)(H,16,17)/t9-,13+/m1/s1. The van der Waals surface area contributed by atoms with Crippen LogP contribution in [0.15, 0.2) is 35.9 Å². The first kappa shape index (κ1) is 14.5. The summed E-state index contributed by atoms with van der Waals surface area (Å²) in [6.45, 7) is 5.36. The summed E-state index contributed by atoms with van der Waals surface area (Å²) in [5, 5.41) is 2.69. The smallest absolute Gasteiger partial charge is 0.267 e. The molecule has 1 aliphatic carbocycles. The highest BCUT2D eigenvalue weighted by Crippen LogP contribution is 2.53. The van der Waals surface area contributed by atoms with Crippen LogP contribution in [0.1, 0.15) is 13.3 Å². The van der Waals surface area contributed by atoms with Gasteiger partial charge in [0.1, 0.15) is 10.7 Å². The first-order valence-electron chi connectivity index (χ1n) is 6.17. The van der Waals surface area contributed by atoms with Crippen LogP contribution in [0.2, 0.25) is 0 Å². The van der Waals surface area contributed by atoms with Crippen LogP contribution in [0.3, 0.4) is 0 Å². The van der Waals surface area contributed by atoms with Crippen LogP contribution in [0.5, 0.6) is 0 Å². The van der Waals surface area contributed by atoms with E-state index in [1.807, 2.05) is 0 Å². The zero-order valence-corrected chi connectivity index (χ0v) is 12.2. The van der Waals surface area contributed by atoms with E-state index in [2.05, 4.69) is 21.6 Å². The van der Waals surface area contributed by atoms with Crippen molar-refractivity contribution in [2.45, 2.75) is 18.2 Å². The van der Waals surface area contributed by atoms with Gasteiger partial charge in [-0.15, -0.1) is 6.58 Å². The summed E-state index contributed by atoms with van der Waals surface area (Å²) in [6.07, 6.45) is 3.77. The molecule has 1 heterocycles. The van der Waals surface area contributed by atoms with Gasteiger partial charge in [-0.3, -0.25) is 4.79 Å². The van der Waals surface area contributed by atoms with Gasteiger partial charge in [-0.25, -0.2) is 18.1 Å². The lowest BCUT2D eigenvalue weighted by Crippen LogP contribution is -2.36. The Morgan fingerprint density at radius 1 is 1.60 bits per heavy atom. The average molecular weight is 295 g/mol. The third-order valence-electron chi connectivity index (χ3n) is 3.63. The lowest BCUT2D eigenvalue weighted by molar-refractivity contribution is -0.124. The molecule has 2 atom stereocenters. The zero-order valence-electron chi connectivity index (χ0n) is 11.4. The van der Waals surface area contributed by atoms with Crippen LogP contribution in [-0.4, -0.2) is 26.4 Å². The molecule has 7 heteroatoms. The molecule has 20 heavy (non-hydrogen) atoms. The minimum atomic E-state index is -3.94. The molecule has 1 aliphatic rings. The number of hydrogen-bond acceptors (Lipinski definition) is 5. The topological polar surface area (TPSA) is 88.2 Å². The van der Waals surface area contributed by atoms with E-state index in [4.69, 9.17) is 0 Å². The number of hydrogen-bond donors (Lipinski definition) is 2. The largest absolute Gasteiger partial charge is 0.372 e. The molecule has 1 saturated carbocycles. The molecule has 108 valence electrons.